The number of nitrogens with two attached hydrogens (primary N) is 1. The van der Waals surface area contributed by atoms with Crippen LogP contribution in [0.4, 0.5) is 5.82 Å². The van der Waals surface area contributed by atoms with Gasteiger partial charge in [0.2, 0.25) is 0 Å². The topological polar surface area (TPSA) is 148 Å². The Labute approximate surface area is 137 Å². The van der Waals surface area contributed by atoms with Gasteiger partial charge in [-0.2, -0.15) is 0 Å². The number of rotatable bonds is 4. The van der Waals surface area contributed by atoms with E-state index in [9.17, 15) is 15.0 Å². The monoisotopic (exact) mass is 336 g/mol. The lowest BCUT2D eigenvalue weighted by atomic mass is 10.1. The van der Waals surface area contributed by atoms with E-state index >= 15 is 0 Å². The predicted octanol–water partition coefficient (Wildman–Crippen LogP) is -1.06. The molecule has 0 spiro atoms. The third-order valence-corrected chi connectivity index (χ3v) is 4.16. The second-order valence-corrected chi connectivity index (χ2v) is 5.83. The highest BCUT2D eigenvalue weighted by Gasteiger charge is 2.47. The first-order valence-electron chi connectivity index (χ1n) is 7.69. The van der Waals surface area contributed by atoms with Gasteiger partial charge in [-0.1, -0.05) is 6.92 Å². The molecular weight excluding hydrogens is 316 g/mol. The van der Waals surface area contributed by atoms with Gasteiger partial charge in [0, 0.05) is 6.04 Å². The number of aromatic nitrogens is 4. The highest BCUT2D eigenvalue weighted by molar-refractivity contribution is 5.83. The molecule has 0 bridgehead atoms. The minimum absolute atomic E-state index is 0.0638. The lowest BCUT2D eigenvalue weighted by Crippen LogP contribution is -2.45. The number of anilines is 1. The molecule has 10 nitrogen and oxygen atoms in total. The van der Waals surface area contributed by atoms with Crippen LogP contribution in [0.5, 0.6) is 0 Å². The number of imidazole rings is 1. The van der Waals surface area contributed by atoms with Crippen molar-refractivity contribution in [3.8, 4) is 0 Å². The van der Waals surface area contributed by atoms with Crippen LogP contribution in [0.25, 0.3) is 11.2 Å². The smallest absolute Gasteiger partial charge is 0.252 e. The van der Waals surface area contributed by atoms with E-state index in [1.54, 1.807) is 0 Å². The van der Waals surface area contributed by atoms with E-state index in [-0.39, 0.29) is 11.9 Å². The number of fused-ring (bicyclic) bond motifs is 1. The molecule has 5 N–H and O–H groups in total. The molecule has 2 aromatic heterocycles. The first kappa shape index (κ1) is 16.6. The van der Waals surface area contributed by atoms with E-state index in [0.717, 1.165) is 6.42 Å². The van der Waals surface area contributed by atoms with Gasteiger partial charge in [-0.25, -0.2) is 15.0 Å². The van der Waals surface area contributed by atoms with Gasteiger partial charge in [0.25, 0.3) is 5.91 Å². The van der Waals surface area contributed by atoms with Crippen molar-refractivity contribution in [2.75, 3.05) is 5.73 Å². The maximum absolute atomic E-state index is 12.2. The first-order valence-corrected chi connectivity index (χ1v) is 7.69. The van der Waals surface area contributed by atoms with Crippen LogP contribution in [0.1, 0.15) is 26.5 Å². The summed E-state index contributed by atoms with van der Waals surface area (Å²) in [5.41, 5.74) is 6.44. The third-order valence-electron chi connectivity index (χ3n) is 4.16. The van der Waals surface area contributed by atoms with Gasteiger partial charge >= 0.3 is 0 Å². The van der Waals surface area contributed by atoms with E-state index in [1.165, 1.54) is 17.2 Å². The fourth-order valence-electron chi connectivity index (χ4n) is 2.59. The molecule has 3 heterocycles. The van der Waals surface area contributed by atoms with Crippen molar-refractivity contribution in [2.24, 2.45) is 0 Å². The molecule has 1 aliphatic heterocycles. The summed E-state index contributed by atoms with van der Waals surface area (Å²) in [6, 6.07) is -0.0638. The Hall–Kier alpha value is -2.30. The fraction of sp³-hybridized carbons (Fsp3) is 0.571. The van der Waals surface area contributed by atoms with Crippen molar-refractivity contribution in [3.63, 3.8) is 0 Å². The number of hydrogen-bond donors (Lipinski definition) is 4. The zero-order chi connectivity index (χ0) is 17.4. The summed E-state index contributed by atoms with van der Waals surface area (Å²) >= 11 is 0. The van der Waals surface area contributed by atoms with Crippen molar-refractivity contribution in [1.29, 1.82) is 0 Å². The van der Waals surface area contributed by atoms with E-state index in [0.29, 0.717) is 11.2 Å². The van der Waals surface area contributed by atoms with Crippen molar-refractivity contribution >= 4 is 22.9 Å². The molecule has 0 saturated carbocycles. The molecule has 2 aromatic rings. The molecule has 0 radical (unpaired) electrons. The SMILES string of the molecule is CCC(C)NC(=O)[C@H]1OC(n2cnc3c(N)ncnc32)[C@H](O)[C@@H]1O. The van der Waals surface area contributed by atoms with Gasteiger partial charge in [0.05, 0.1) is 6.33 Å². The van der Waals surface area contributed by atoms with Gasteiger partial charge in [-0.05, 0) is 13.3 Å². The summed E-state index contributed by atoms with van der Waals surface area (Å²) in [6.45, 7) is 3.77. The number of aliphatic hydroxyl groups excluding tert-OH is 2. The molecule has 10 heteroatoms. The Bertz CT molecular complexity index is 750. The zero-order valence-corrected chi connectivity index (χ0v) is 13.3. The Balaban J connectivity index is 1.87. The molecule has 1 aliphatic rings. The Kier molecular flexibility index (Phi) is 4.35. The summed E-state index contributed by atoms with van der Waals surface area (Å²) in [4.78, 5) is 24.2. The van der Waals surface area contributed by atoms with Crippen LogP contribution in [0.15, 0.2) is 12.7 Å². The van der Waals surface area contributed by atoms with Gasteiger partial charge in [0.1, 0.15) is 24.1 Å². The van der Waals surface area contributed by atoms with Crippen LogP contribution < -0.4 is 11.1 Å². The maximum Gasteiger partial charge on any atom is 0.252 e. The van der Waals surface area contributed by atoms with Crippen molar-refractivity contribution in [2.45, 2.75) is 50.8 Å². The molecule has 1 amide bonds. The summed E-state index contributed by atoms with van der Waals surface area (Å²) in [5.74, 6) is -0.283. The number of carbonyl (C=O) groups excluding carboxylic acids is 1. The van der Waals surface area contributed by atoms with Crippen molar-refractivity contribution in [1.82, 2.24) is 24.8 Å². The molecule has 3 rings (SSSR count). The molecule has 1 saturated heterocycles. The molecule has 24 heavy (non-hydrogen) atoms. The fourth-order valence-corrected chi connectivity index (χ4v) is 2.59. The number of amides is 1. The number of hydrogen-bond acceptors (Lipinski definition) is 8. The van der Waals surface area contributed by atoms with Crippen LogP contribution in [0.2, 0.25) is 0 Å². The van der Waals surface area contributed by atoms with E-state index in [4.69, 9.17) is 10.5 Å². The molecule has 1 fully saturated rings. The summed E-state index contributed by atoms with van der Waals surface area (Å²) in [6.07, 6.45) is -1.49. The quantitative estimate of drug-likeness (QED) is 0.552. The standard InChI is InChI=1S/C14H20N6O4/c1-3-6(2)19-13(23)10-8(21)9(22)14(24-10)20-5-18-7-11(15)16-4-17-12(7)20/h4-6,8-10,14,21-22H,3H2,1-2H3,(H,19,23)(H2,15,16,17)/t6?,8-,9+,10-,14?/m0/s1. The molecule has 2 unspecified atom stereocenters. The number of nitrogens with zero attached hydrogens (tertiary/aromatic N) is 4. The molecule has 0 aliphatic carbocycles. The Morgan fingerprint density at radius 3 is 2.88 bits per heavy atom. The second kappa shape index (κ2) is 6.30. The molecule has 5 atom stereocenters. The van der Waals surface area contributed by atoms with Crippen molar-refractivity contribution < 1.29 is 19.7 Å². The van der Waals surface area contributed by atoms with Gasteiger partial charge in [0.15, 0.2) is 23.8 Å². The summed E-state index contributed by atoms with van der Waals surface area (Å²) in [5, 5.41) is 23.2. The summed E-state index contributed by atoms with van der Waals surface area (Å²) in [7, 11) is 0. The van der Waals surface area contributed by atoms with E-state index < -0.39 is 30.4 Å². The average molecular weight is 336 g/mol. The van der Waals surface area contributed by atoms with Crippen LogP contribution in [-0.2, 0) is 9.53 Å². The van der Waals surface area contributed by atoms with E-state index in [2.05, 4.69) is 20.3 Å². The van der Waals surface area contributed by atoms with Crippen molar-refractivity contribution in [3.05, 3.63) is 12.7 Å². The first-order chi connectivity index (χ1) is 11.4. The number of aliphatic hydroxyl groups is 2. The lowest BCUT2D eigenvalue weighted by Gasteiger charge is -2.18. The highest BCUT2D eigenvalue weighted by atomic mass is 16.6. The van der Waals surface area contributed by atoms with Crippen LogP contribution >= 0.6 is 0 Å². The highest BCUT2D eigenvalue weighted by Crippen LogP contribution is 2.32. The minimum Gasteiger partial charge on any atom is -0.387 e. The number of nitrogens with one attached hydrogen (secondary N) is 1. The van der Waals surface area contributed by atoms with Gasteiger partial charge in [-0.3, -0.25) is 9.36 Å². The second-order valence-electron chi connectivity index (χ2n) is 5.83. The van der Waals surface area contributed by atoms with Crippen LogP contribution in [0.3, 0.4) is 0 Å². The molecular formula is C14H20N6O4. The van der Waals surface area contributed by atoms with Gasteiger partial charge in [-0.15, -0.1) is 0 Å². The average Bonchev–Trinajstić information content (AvgIpc) is 3.11. The van der Waals surface area contributed by atoms with Crippen LogP contribution in [-0.4, -0.2) is 60.0 Å². The minimum atomic E-state index is -1.37. The Morgan fingerprint density at radius 1 is 1.42 bits per heavy atom. The largest absolute Gasteiger partial charge is 0.387 e. The number of ether oxygens (including phenoxy) is 1. The normalized spacial score (nSPS) is 28.2. The molecule has 0 aromatic carbocycles. The summed E-state index contributed by atoms with van der Waals surface area (Å²) < 4.78 is 7.02. The number of carbonyl (C=O) groups is 1. The molecule has 130 valence electrons. The predicted molar refractivity (Wildman–Crippen MR) is 83.6 cm³/mol. The Morgan fingerprint density at radius 2 is 2.17 bits per heavy atom. The van der Waals surface area contributed by atoms with E-state index in [1.807, 2.05) is 13.8 Å². The lowest BCUT2D eigenvalue weighted by molar-refractivity contribution is -0.138. The zero-order valence-electron chi connectivity index (χ0n) is 13.3. The van der Waals surface area contributed by atoms with Crippen LogP contribution in [0, 0.1) is 0 Å². The third kappa shape index (κ3) is 2.68. The van der Waals surface area contributed by atoms with Gasteiger partial charge < -0.3 is 26.0 Å². The maximum atomic E-state index is 12.2. The number of nitrogen functional groups attached to an aromatic ring is 1.